The van der Waals surface area contributed by atoms with Crippen molar-refractivity contribution in [3.63, 3.8) is 0 Å². The molecule has 0 amide bonds. The second-order valence-electron chi connectivity index (χ2n) is 8.15. The van der Waals surface area contributed by atoms with Crippen molar-refractivity contribution < 1.29 is 45.6 Å². The Bertz CT molecular complexity index is 1110. The number of piperazine rings is 1. The van der Waals surface area contributed by atoms with Gasteiger partial charge < -0.3 is 45.8 Å². The Labute approximate surface area is 203 Å². The van der Waals surface area contributed by atoms with Crippen LogP contribution in [0.25, 0.3) is 0 Å². The molecule has 2 aromatic carbocycles. The van der Waals surface area contributed by atoms with Crippen molar-refractivity contribution in [1.29, 1.82) is 0 Å². The maximum atomic E-state index is 10.5. The number of hydrogen-bond donors (Lipinski definition) is 9. The van der Waals surface area contributed by atoms with E-state index in [0.29, 0.717) is 5.84 Å². The molecule has 0 aliphatic carbocycles. The lowest BCUT2D eigenvalue weighted by Crippen LogP contribution is -2.76. The van der Waals surface area contributed by atoms with E-state index in [0.717, 1.165) is 25.9 Å². The molecule has 2 heterocycles. The topological polar surface area (TPSA) is 216 Å². The Morgan fingerprint density at radius 2 is 1.37 bits per heavy atom. The summed E-state index contributed by atoms with van der Waals surface area (Å²) in [6.45, 7) is 0.148. The highest BCUT2D eigenvalue weighted by atomic mass is 32.2. The Morgan fingerprint density at radius 1 is 0.800 bits per heavy atom. The summed E-state index contributed by atoms with van der Waals surface area (Å²) in [5.41, 5.74) is 6.98. The van der Waals surface area contributed by atoms with Gasteiger partial charge in [-0.05, 0) is 18.2 Å². The average Bonchev–Trinajstić information content (AvgIpc) is 2.94. The third-order valence-corrected chi connectivity index (χ3v) is 6.82. The molecule has 2 aliphatic heterocycles. The summed E-state index contributed by atoms with van der Waals surface area (Å²) in [7, 11) is 0. The van der Waals surface area contributed by atoms with Gasteiger partial charge in [-0.1, -0.05) is 42.1 Å². The lowest BCUT2D eigenvalue weighted by Gasteiger charge is -2.48. The lowest BCUT2D eigenvalue weighted by molar-refractivity contribution is -0.575. The molecule has 1 saturated heterocycles. The van der Waals surface area contributed by atoms with Gasteiger partial charge in [0.1, 0.15) is 5.84 Å². The predicted octanol–water partition coefficient (Wildman–Crippen LogP) is -2.62. The average molecular weight is 511 g/mol. The molecular weight excluding hydrogens is 484 g/mol. The van der Waals surface area contributed by atoms with Crippen molar-refractivity contribution in [1.82, 2.24) is 9.80 Å². The van der Waals surface area contributed by atoms with E-state index >= 15 is 0 Å². The number of aliphatic hydroxyl groups is 8. The Morgan fingerprint density at radius 3 is 2.00 bits per heavy atom. The summed E-state index contributed by atoms with van der Waals surface area (Å²) in [5, 5.41) is 76.9. The van der Waals surface area contributed by atoms with E-state index in [1.165, 1.54) is 0 Å². The minimum atomic E-state index is -4.30. The van der Waals surface area contributed by atoms with E-state index < -0.39 is 23.8 Å². The molecule has 0 aromatic heterocycles. The van der Waals surface area contributed by atoms with Crippen LogP contribution >= 0.6 is 11.8 Å². The Kier molecular flexibility index (Phi) is 6.69. The molecule has 1 unspecified atom stereocenters. The zero-order chi connectivity index (χ0) is 25.6. The highest BCUT2D eigenvalue weighted by Crippen LogP contribution is 2.40. The van der Waals surface area contributed by atoms with Crippen molar-refractivity contribution in [2.75, 3.05) is 26.2 Å². The molecule has 1 fully saturated rings. The zero-order valence-corrected chi connectivity index (χ0v) is 19.1. The summed E-state index contributed by atoms with van der Waals surface area (Å²) in [5.74, 6) is -15.0. The number of nitrogens with zero attached hydrogens (tertiary/aromatic N) is 3. The number of rotatable bonds is 5. The van der Waals surface area contributed by atoms with Gasteiger partial charge in [-0.25, -0.2) is 9.89 Å². The van der Waals surface area contributed by atoms with Crippen LogP contribution in [-0.2, 0) is 4.74 Å². The van der Waals surface area contributed by atoms with Crippen LogP contribution in [0.1, 0.15) is 5.56 Å². The van der Waals surface area contributed by atoms with E-state index in [1.807, 2.05) is 53.4 Å². The molecule has 4 rings (SSSR count). The first-order valence-corrected chi connectivity index (χ1v) is 11.3. The van der Waals surface area contributed by atoms with Crippen LogP contribution in [0.15, 0.2) is 63.3 Å². The molecule has 190 valence electrons. The van der Waals surface area contributed by atoms with Crippen LogP contribution in [0.2, 0.25) is 0 Å². The molecule has 0 radical (unpaired) electrons. The van der Waals surface area contributed by atoms with E-state index in [4.69, 9.17) is 26.0 Å². The van der Waals surface area contributed by atoms with Gasteiger partial charge in [0.2, 0.25) is 0 Å². The van der Waals surface area contributed by atoms with Crippen molar-refractivity contribution in [3.8, 4) is 0 Å². The first-order chi connectivity index (χ1) is 16.2. The molecular formula is C21H26N4O9S. The monoisotopic (exact) mass is 510 g/mol. The van der Waals surface area contributed by atoms with E-state index in [9.17, 15) is 25.5 Å². The van der Waals surface area contributed by atoms with E-state index in [1.54, 1.807) is 11.8 Å². The van der Waals surface area contributed by atoms with E-state index in [-0.39, 0.29) is 26.2 Å². The Balaban J connectivity index is 1.55. The summed E-state index contributed by atoms with van der Waals surface area (Å²) in [6, 6.07) is 15.4. The fourth-order valence-electron chi connectivity index (χ4n) is 3.72. The van der Waals surface area contributed by atoms with Gasteiger partial charge in [-0.15, -0.1) is 0 Å². The minimum Gasteiger partial charge on any atom is -0.353 e. The summed E-state index contributed by atoms with van der Waals surface area (Å²) >= 11 is 1.58. The molecule has 13 nitrogen and oxygen atoms in total. The largest absolute Gasteiger partial charge is 0.368 e. The van der Waals surface area contributed by atoms with Gasteiger partial charge in [0, 0.05) is 41.5 Å². The maximum Gasteiger partial charge on any atom is 0.368 e. The number of amidine groups is 1. The van der Waals surface area contributed by atoms with Gasteiger partial charge in [0.05, 0.1) is 5.69 Å². The normalized spacial score (nSPS) is 19.3. The van der Waals surface area contributed by atoms with Gasteiger partial charge in [-0.2, -0.15) is 0 Å². The molecule has 10 N–H and O–H groups in total. The highest BCUT2D eigenvalue weighted by Gasteiger charge is 2.61. The molecule has 1 atom stereocenters. The quantitative estimate of drug-likeness (QED) is 0.188. The summed E-state index contributed by atoms with van der Waals surface area (Å²) < 4.78 is 4.07. The number of para-hydroxylation sites is 1. The molecule has 2 aromatic rings. The molecule has 2 aliphatic rings. The highest BCUT2D eigenvalue weighted by molar-refractivity contribution is 7.99. The van der Waals surface area contributed by atoms with Crippen LogP contribution in [0.3, 0.4) is 0 Å². The minimum absolute atomic E-state index is 0.113. The number of nitrogens with two attached hydrogens (primary N) is 1. The van der Waals surface area contributed by atoms with Crippen molar-refractivity contribution >= 4 is 23.3 Å². The van der Waals surface area contributed by atoms with Crippen molar-refractivity contribution in [2.45, 2.75) is 33.6 Å². The molecule has 0 bridgehead atoms. The molecule has 35 heavy (non-hydrogen) atoms. The molecule has 14 heteroatoms. The van der Waals surface area contributed by atoms with Crippen LogP contribution in [0.5, 0.6) is 0 Å². The second-order valence-corrected chi connectivity index (χ2v) is 9.24. The fraction of sp³-hybridized carbons (Fsp3) is 0.381. The number of aliphatic imine (C=N–C) groups is 1. The van der Waals surface area contributed by atoms with Gasteiger partial charge in [0.15, 0.2) is 0 Å². The van der Waals surface area contributed by atoms with Gasteiger partial charge in [0.25, 0.3) is 11.8 Å². The molecule has 0 spiro atoms. The third kappa shape index (κ3) is 4.92. The first-order valence-electron chi connectivity index (χ1n) is 10.5. The number of hydrogen-bond acceptors (Lipinski definition) is 14. The van der Waals surface area contributed by atoms with E-state index in [2.05, 4.69) is 4.74 Å². The fourth-order valence-corrected chi connectivity index (χ4v) is 4.74. The summed E-state index contributed by atoms with van der Waals surface area (Å²) in [4.78, 5) is 9.60. The summed E-state index contributed by atoms with van der Waals surface area (Å²) in [6.07, 6.45) is 0. The second kappa shape index (κ2) is 9.04. The smallest absolute Gasteiger partial charge is 0.353 e. The number of benzene rings is 2. The lowest BCUT2D eigenvalue weighted by atomic mass is 10.1. The van der Waals surface area contributed by atoms with Crippen LogP contribution in [-0.4, -0.2) is 106 Å². The SMILES string of the molecule is NC(O)(OC(O)(O)C(O)(O)O)C(O)(O)N1CCN(C2=Nc3ccccc3Sc3ccccc32)CC1. The van der Waals surface area contributed by atoms with Crippen LogP contribution in [0.4, 0.5) is 5.69 Å². The zero-order valence-electron chi connectivity index (χ0n) is 18.3. The number of fused-ring (bicyclic) bond motifs is 2. The van der Waals surface area contributed by atoms with Crippen LogP contribution in [0, 0.1) is 0 Å². The van der Waals surface area contributed by atoms with Crippen LogP contribution < -0.4 is 5.73 Å². The molecule has 0 saturated carbocycles. The number of ether oxygens (including phenoxy) is 1. The standard InChI is InChI=1S/C21H26N4O9S/c22-18(26,34-21(32,33)20(29,30)31)19(27,28)25-11-9-24(10-12-25)17-13-5-1-3-7-15(13)35-16-8-4-2-6-14(16)23-17/h1-8,26-33H,9-12,22H2. The van der Waals surface area contributed by atoms with Crippen molar-refractivity contribution in [2.24, 2.45) is 10.7 Å². The first kappa shape index (κ1) is 25.9. The predicted molar refractivity (Wildman–Crippen MR) is 120 cm³/mol. The van der Waals surface area contributed by atoms with Gasteiger partial charge >= 0.3 is 11.9 Å². The Hall–Kier alpha value is -2.18. The van der Waals surface area contributed by atoms with Crippen molar-refractivity contribution in [3.05, 3.63) is 54.1 Å². The maximum absolute atomic E-state index is 10.5. The van der Waals surface area contributed by atoms with Gasteiger partial charge in [-0.3, -0.25) is 10.5 Å². The third-order valence-electron chi connectivity index (χ3n) is 5.68.